The van der Waals surface area contributed by atoms with Crippen LogP contribution in [0.4, 0.5) is 0 Å². The fraction of sp³-hybridized carbons (Fsp3) is 0.467. The minimum atomic E-state index is -0.899. The number of amides is 2. The third kappa shape index (κ3) is 2.98. The highest BCUT2D eigenvalue weighted by Crippen LogP contribution is 2.46. The van der Waals surface area contributed by atoms with Crippen molar-refractivity contribution >= 4 is 24.4 Å². The van der Waals surface area contributed by atoms with Crippen molar-refractivity contribution in [3.05, 3.63) is 35.5 Å². The summed E-state index contributed by atoms with van der Waals surface area (Å²) < 4.78 is 5.77. The standard InChI is InChI=1S/C13H15NO3S.C2H6/c1-3-5-10(18)9(4-2)17-13-6-8(7-13)11(15)14-12(13)16;1-2/h3-5,8,18H,1,6-7H2,2H3,(H,14,15,16);1-2H3/b9-4+,10-5+;. The van der Waals surface area contributed by atoms with Gasteiger partial charge in [-0.15, -0.1) is 12.6 Å². The fourth-order valence-electron chi connectivity index (χ4n) is 2.23. The molecule has 1 aliphatic carbocycles. The minimum absolute atomic E-state index is 0.104. The van der Waals surface area contributed by atoms with E-state index in [2.05, 4.69) is 24.5 Å². The molecular formula is C15H21NO3S. The maximum Gasteiger partial charge on any atom is 0.270 e. The Hall–Kier alpha value is -1.49. The third-order valence-electron chi connectivity index (χ3n) is 3.27. The van der Waals surface area contributed by atoms with Gasteiger partial charge in [-0.2, -0.15) is 0 Å². The number of hydrogen-bond acceptors (Lipinski definition) is 4. The van der Waals surface area contributed by atoms with Gasteiger partial charge in [-0.05, 0) is 19.1 Å². The number of allylic oxidation sites excluding steroid dienone is 3. The van der Waals surface area contributed by atoms with Crippen LogP contribution in [0.5, 0.6) is 0 Å². The molecule has 3 rings (SSSR count). The zero-order valence-electron chi connectivity index (χ0n) is 12.1. The highest BCUT2D eigenvalue weighted by Gasteiger charge is 2.60. The Morgan fingerprint density at radius 3 is 2.50 bits per heavy atom. The number of ether oxygens (including phenoxy) is 1. The van der Waals surface area contributed by atoms with Crippen molar-refractivity contribution in [3.63, 3.8) is 0 Å². The average molecular weight is 295 g/mol. The predicted molar refractivity (Wildman–Crippen MR) is 82.1 cm³/mol. The van der Waals surface area contributed by atoms with Crippen molar-refractivity contribution in [2.45, 2.75) is 39.2 Å². The van der Waals surface area contributed by atoms with E-state index in [1.807, 2.05) is 13.8 Å². The Labute approximate surface area is 125 Å². The second-order valence-electron chi connectivity index (χ2n) is 4.46. The molecule has 0 aromatic rings. The van der Waals surface area contributed by atoms with E-state index < -0.39 is 5.60 Å². The molecule has 2 amide bonds. The number of carbonyl (C=O) groups is 2. The predicted octanol–water partition coefficient (Wildman–Crippen LogP) is 2.74. The Morgan fingerprint density at radius 1 is 1.45 bits per heavy atom. The van der Waals surface area contributed by atoms with Crippen LogP contribution < -0.4 is 5.32 Å². The molecule has 0 atom stereocenters. The van der Waals surface area contributed by atoms with Gasteiger partial charge in [0.2, 0.25) is 5.91 Å². The van der Waals surface area contributed by atoms with Gasteiger partial charge in [0.05, 0.1) is 0 Å². The van der Waals surface area contributed by atoms with Crippen LogP contribution in [0.3, 0.4) is 0 Å². The molecule has 110 valence electrons. The van der Waals surface area contributed by atoms with Gasteiger partial charge in [0.1, 0.15) is 5.76 Å². The quantitative estimate of drug-likeness (QED) is 0.363. The summed E-state index contributed by atoms with van der Waals surface area (Å²) in [6.45, 7) is 9.39. The van der Waals surface area contributed by atoms with Gasteiger partial charge < -0.3 is 4.74 Å². The van der Waals surface area contributed by atoms with Crippen molar-refractivity contribution in [2.75, 3.05) is 0 Å². The van der Waals surface area contributed by atoms with Crippen LogP contribution >= 0.6 is 12.6 Å². The van der Waals surface area contributed by atoms with Gasteiger partial charge in [-0.3, -0.25) is 14.9 Å². The lowest BCUT2D eigenvalue weighted by molar-refractivity contribution is -0.176. The number of imide groups is 1. The van der Waals surface area contributed by atoms with Gasteiger partial charge >= 0.3 is 0 Å². The van der Waals surface area contributed by atoms with E-state index in [1.165, 1.54) is 0 Å². The first-order valence-corrected chi connectivity index (χ1v) is 7.20. The van der Waals surface area contributed by atoms with E-state index in [0.717, 1.165) is 0 Å². The van der Waals surface area contributed by atoms with Crippen molar-refractivity contribution in [1.29, 1.82) is 0 Å². The Bertz CT molecular complexity index is 474. The number of hydrogen-bond donors (Lipinski definition) is 2. The third-order valence-corrected chi connectivity index (χ3v) is 3.64. The molecule has 2 saturated heterocycles. The number of fused-ring (bicyclic) bond motifs is 2. The van der Waals surface area contributed by atoms with Crippen LogP contribution in [0, 0.1) is 5.92 Å². The Balaban J connectivity index is 0.000000956. The average Bonchev–Trinajstić information content (AvgIpc) is 2.39. The molecule has 20 heavy (non-hydrogen) atoms. The second kappa shape index (κ2) is 6.79. The lowest BCUT2D eigenvalue weighted by atomic mass is 9.66. The van der Waals surface area contributed by atoms with E-state index in [4.69, 9.17) is 4.74 Å². The molecular weight excluding hydrogens is 274 g/mol. The first-order valence-electron chi connectivity index (χ1n) is 6.75. The first-order chi connectivity index (χ1) is 9.52. The summed E-state index contributed by atoms with van der Waals surface area (Å²) in [5, 5.41) is 2.33. The first kappa shape index (κ1) is 16.6. The van der Waals surface area contributed by atoms with Crippen LogP contribution in [-0.2, 0) is 14.3 Å². The van der Waals surface area contributed by atoms with E-state index >= 15 is 0 Å². The van der Waals surface area contributed by atoms with Crippen molar-refractivity contribution < 1.29 is 14.3 Å². The molecule has 1 saturated carbocycles. The minimum Gasteiger partial charge on any atom is -0.477 e. The zero-order valence-corrected chi connectivity index (χ0v) is 13.0. The van der Waals surface area contributed by atoms with Crippen LogP contribution in [0.15, 0.2) is 35.5 Å². The molecule has 3 aliphatic rings. The number of piperidine rings is 2. The molecule has 0 radical (unpaired) electrons. The number of rotatable bonds is 4. The number of nitrogens with one attached hydrogen (secondary N) is 1. The van der Waals surface area contributed by atoms with E-state index in [9.17, 15) is 9.59 Å². The second-order valence-corrected chi connectivity index (χ2v) is 4.94. The topological polar surface area (TPSA) is 55.4 Å². The molecule has 1 N–H and O–H groups in total. The maximum atomic E-state index is 11.8. The summed E-state index contributed by atoms with van der Waals surface area (Å²) in [4.78, 5) is 23.8. The molecule has 0 aromatic heterocycles. The van der Waals surface area contributed by atoms with Crippen LogP contribution in [0.25, 0.3) is 0 Å². The smallest absolute Gasteiger partial charge is 0.270 e. The van der Waals surface area contributed by atoms with Gasteiger partial charge in [0.25, 0.3) is 5.91 Å². The van der Waals surface area contributed by atoms with Crippen molar-refractivity contribution in [3.8, 4) is 0 Å². The summed E-state index contributed by atoms with van der Waals surface area (Å²) >= 11 is 4.28. The molecule has 0 spiro atoms. The number of thiol groups is 1. The van der Waals surface area contributed by atoms with E-state index in [0.29, 0.717) is 23.5 Å². The monoisotopic (exact) mass is 295 g/mol. The summed E-state index contributed by atoms with van der Waals surface area (Å²) in [7, 11) is 0. The van der Waals surface area contributed by atoms with Gasteiger partial charge in [0.15, 0.2) is 5.60 Å². The summed E-state index contributed by atoms with van der Waals surface area (Å²) in [5.41, 5.74) is -0.899. The molecule has 0 unspecified atom stereocenters. The molecule has 3 fully saturated rings. The normalized spacial score (nSPS) is 28.7. The van der Waals surface area contributed by atoms with E-state index in [1.54, 1.807) is 25.2 Å². The number of carbonyl (C=O) groups excluding carboxylic acids is 2. The maximum absolute atomic E-state index is 11.8. The highest BCUT2D eigenvalue weighted by molar-refractivity contribution is 7.84. The molecule has 4 nitrogen and oxygen atoms in total. The molecule has 0 aromatic carbocycles. The summed E-state index contributed by atoms with van der Waals surface area (Å²) in [5.74, 6) is -0.122. The molecule has 2 aliphatic heterocycles. The van der Waals surface area contributed by atoms with Crippen LogP contribution in [0.1, 0.15) is 33.6 Å². The fourth-order valence-corrected chi connectivity index (χ4v) is 2.51. The zero-order chi connectivity index (χ0) is 15.3. The molecule has 2 heterocycles. The lowest BCUT2D eigenvalue weighted by Gasteiger charge is -2.49. The highest BCUT2D eigenvalue weighted by atomic mass is 32.1. The summed E-state index contributed by atoms with van der Waals surface area (Å²) in [6, 6.07) is 0. The molecule has 2 bridgehead atoms. The van der Waals surface area contributed by atoms with Crippen molar-refractivity contribution in [2.24, 2.45) is 5.92 Å². The van der Waals surface area contributed by atoms with Gasteiger partial charge in [0, 0.05) is 23.7 Å². The van der Waals surface area contributed by atoms with Crippen molar-refractivity contribution in [1.82, 2.24) is 5.32 Å². The lowest BCUT2D eigenvalue weighted by Crippen LogP contribution is -2.67. The SMILES string of the molecule is C=C/C=C(S)\C(=C/C)OC12CC(C1)C(=O)NC2=O.CC. The largest absolute Gasteiger partial charge is 0.477 e. The Kier molecular flexibility index (Phi) is 5.62. The Morgan fingerprint density at radius 2 is 2.05 bits per heavy atom. The molecule has 5 heteroatoms. The van der Waals surface area contributed by atoms with Gasteiger partial charge in [-0.1, -0.05) is 26.5 Å². The van der Waals surface area contributed by atoms with E-state index in [-0.39, 0.29) is 17.7 Å². The van der Waals surface area contributed by atoms with Gasteiger partial charge in [-0.25, -0.2) is 0 Å². The summed E-state index contributed by atoms with van der Waals surface area (Å²) in [6.07, 6.45) is 5.93. The van der Waals surface area contributed by atoms with Crippen LogP contribution in [0.2, 0.25) is 0 Å². The van der Waals surface area contributed by atoms with Crippen LogP contribution in [-0.4, -0.2) is 17.4 Å².